The minimum absolute atomic E-state index is 0.0291. The van der Waals surface area contributed by atoms with Crippen LogP contribution in [0.3, 0.4) is 0 Å². The van der Waals surface area contributed by atoms with E-state index in [1.54, 1.807) is 32.4 Å². The highest BCUT2D eigenvalue weighted by molar-refractivity contribution is 8.01. The van der Waals surface area contributed by atoms with Gasteiger partial charge in [-0.05, 0) is 25.1 Å². The molecule has 0 N–H and O–H groups in total. The summed E-state index contributed by atoms with van der Waals surface area (Å²) in [6.07, 6.45) is 0. The lowest BCUT2D eigenvalue weighted by Gasteiger charge is -2.09. The number of rotatable bonds is 6. The molecule has 2 rings (SSSR count). The second kappa shape index (κ2) is 6.71. The third kappa shape index (κ3) is 3.49. The Hall–Kier alpha value is -1.60. The number of carbonyl (C=O) groups excluding carboxylic acids is 1. The van der Waals surface area contributed by atoms with Gasteiger partial charge in [0.1, 0.15) is 16.5 Å². The lowest BCUT2D eigenvalue weighted by atomic mass is 10.1. The van der Waals surface area contributed by atoms with E-state index in [1.807, 2.05) is 6.92 Å². The molecule has 0 radical (unpaired) electrons. The molecule has 106 valence electrons. The molecule has 0 unspecified atom stereocenters. The lowest BCUT2D eigenvalue weighted by molar-refractivity contribution is 0.101. The zero-order valence-electron chi connectivity index (χ0n) is 11.4. The predicted molar refractivity (Wildman–Crippen MR) is 79.2 cm³/mol. The summed E-state index contributed by atoms with van der Waals surface area (Å²) in [4.78, 5) is 12.3. The van der Waals surface area contributed by atoms with Crippen molar-refractivity contribution >= 4 is 28.9 Å². The summed E-state index contributed by atoms with van der Waals surface area (Å²) in [6, 6.07) is 5.18. The fourth-order valence-corrected chi connectivity index (χ4v) is 3.27. The van der Waals surface area contributed by atoms with Crippen molar-refractivity contribution in [2.75, 3.05) is 20.0 Å². The van der Waals surface area contributed by atoms with Gasteiger partial charge in [0.25, 0.3) is 0 Å². The number of ether oxygens (including phenoxy) is 2. The van der Waals surface area contributed by atoms with Crippen molar-refractivity contribution in [1.82, 2.24) is 10.2 Å². The van der Waals surface area contributed by atoms with E-state index in [0.717, 1.165) is 9.35 Å². The molecule has 0 saturated heterocycles. The summed E-state index contributed by atoms with van der Waals surface area (Å²) in [6.45, 7) is 1.88. The van der Waals surface area contributed by atoms with Gasteiger partial charge in [-0.2, -0.15) is 0 Å². The largest absolute Gasteiger partial charge is 0.497 e. The normalized spacial score (nSPS) is 10.3. The highest BCUT2D eigenvalue weighted by Crippen LogP contribution is 2.27. The number of ketones is 1. The summed E-state index contributed by atoms with van der Waals surface area (Å²) in [5.41, 5.74) is 0.514. The standard InChI is InChI=1S/C13H14N2O3S2/c1-8-14-15-13(20-8)19-7-11(16)10-6-9(17-2)4-5-12(10)18-3/h4-6H,7H2,1-3H3. The highest BCUT2D eigenvalue weighted by atomic mass is 32.2. The third-order valence-corrected chi connectivity index (χ3v) is 4.51. The van der Waals surface area contributed by atoms with Crippen LogP contribution in [-0.2, 0) is 0 Å². The lowest BCUT2D eigenvalue weighted by Crippen LogP contribution is -2.05. The van der Waals surface area contributed by atoms with Crippen LogP contribution in [-0.4, -0.2) is 36.0 Å². The number of thioether (sulfide) groups is 1. The maximum atomic E-state index is 12.3. The minimum Gasteiger partial charge on any atom is -0.497 e. The number of benzene rings is 1. The first-order chi connectivity index (χ1) is 9.63. The van der Waals surface area contributed by atoms with Crippen LogP contribution in [0, 0.1) is 6.92 Å². The Bertz CT molecular complexity index is 613. The molecule has 0 saturated carbocycles. The molecule has 0 bridgehead atoms. The summed E-state index contributed by atoms with van der Waals surface area (Å²) in [5, 5.41) is 8.79. The number of carbonyl (C=O) groups is 1. The second-order valence-electron chi connectivity index (χ2n) is 3.87. The molecular weight excluding hydrogens is 296 g/mol. The molecule has 1 aromatic heterocycles. The summed E-state index contributed by atoms with van der Waals surface area (Å²) >= 11 is 2.85. The molecule has 7 heteroatoms. The van der Waals surface area contributed by atoms with Gasteiger partial charge in [0, 0.05) is 0 Å². The van der Waals surface area contributed by atoms with Gasteiger partial charge < -0.3 is 9.47 Å². The van der Waals surface area contributed by atoms with Crippen LogP contribution in [0.25, 0.3) is 0 Å². The Morgan fingerprint density at radius 1 is 1.30 bits per heavy atom. The van der Waals surface area contributed by atoms with E-state index < -0.39 is 0 Å². The van der Waals surface area contributed by atoms with Gasteiger partial charge >= 0.3 is 0 Å². The number of Topliss-reactive ketones (excluding diaryl/α,β-unsaturated/α-hetero) is 1. The molecular formula is C13H14N2O3S2. The molecule has 5 nitrogen and oxygen atoms in total. The smallest absolute Gasteiger partial charge is 0.177 e. The molecule has 0 spiro atoms. The molecule has 1 heterocycles. The molecule has 0 aliphatic carbocycles. The first kappa shape index (κ1) is 14.8. The van der Waals surface area contributed by atoms with Crippen LogP contribution in [0.2, 0.25) is 0 Å². The van der Waals surface area contributed by atoms with Crippen molar-refractivity contribution in [2.24, 2.45) is 0 Å². The van der Waals surface area contributed by atoms with Crippen molar-refractivity contribution in [2.45, 2.75) is 11.3 Å². The first-order valence-corrected chi connectivity index (χ1v) is 7.62. The first-order valence-electron chi connectivity index (χ1n) is 5.82. The Balaban J connectivity index is 2.11. The van der Waals surface area contributed by atoms with Gasteiger partial charge in [-0.15, -0.1) is 10.2 Å². The van der Waals surface area contributed by atoms with E-state index >= 15 is 0 Å². The SMILES string of the molecule is COc1ccc(OC)c(C(=O)CSc2nnc(C)s2)c1. The molecule has 1 aromatic carbocycles. The topological polar surface area (TPSA) is 61.3 Å². The minimum atomic E-state index is -0.0291. The second-order valence-corrected chi connectivity index (χ2v) is 6.27. The van der Waals surface area contributed by atoms with Crippen molar-refractivity contribution in [3.8, 4) is 11.5 Å². The number of nitrogens with zero attached hydrogens (tertiary/aromatic N) is 2. The van der Waals surface area contributed by atoms with E-state index in [2.05, 4.69) is 10.2 Å². The Labute approximate surface area is 125 Å². The fourth-order valence-electron chi connectivity index (χ4n) is 1.57. The number of hydrogen-bond donors (Lipinski definition) is 0. The number of aryl methyl sites for hydroxylation is 1. The zero-order chi connectivity index (χ0) is 14.5. The molecule has 0 aliphatic rings. The van der Waals surface area contributed by atoms with Crippen LogP contribution in [0.5, 0.6) is 11.5 Å². The predicted octanol–water partition coefficient (Wildman–Crippen LogP) is 2.84. The number of aromatic nitrogens is 2. The highest BCUT2D eigenvalue weighted by Gasteiger charge is 2.15. The quantitative estimate of drug-likeness (QED) is 0.604. The molecule has 0 aliphatic heterocycles. The van der Waals surface area contributed by atoms with E-state index in [4.69, 9.17) is 9.47 Å². The maximum Gasteiger partial charge on any atom is 0.177 e. The summed E-state index contributed by atoms with van der Waals surface area (Å²) in [7, 11) is 3.11. The molecule has 0 amide bonds. The Morgan fingerprint density at radius 2 is 2.10 bits per heavy atom. The number of methoxy groups -OCH3 is 2. The summed E-state index contributed by atoms with van der Waals surface area (Å²) in [5.74, 6) is 1.44. The van der Waals surface area contributed by atoms with E-state index in [-0.39, 0.29) is 11.5 Å². The van der Waals surface area contributed by atoms with Gasteiger partial charge in [-0.25, -0.2) is 0 Å². The zero-order valence-corrected chi connectivity index (χ0v) is 13.0. The van der Waals surface area contributed by atoms with E-state index in [0.29, 0.717) is 17.1 Å². The average Bonchev–Trinajstić information content (AvgIpc) is 2.89. The van der Waals surface area contributed by atoms with Crippen LogP contribution < -0.4 is 9.47 Å². The Kier molecular flexibility index (Phi) is 4.97. The molecule has 0 atom stereocenters. The van der Waals surface area contributed by atoms with Crippen LogP contribution in [0.4, 0.5) is 0 Å². The van der Waals surface area contributed by atoms with Crippen molar-refractivity contribution in [1.29, 1.82) is 0 Å². The van der Waals surface area contributed by atoms with Crippen LogP contribution >= 0.6 is 23.1 Å². The Morgan fingerprint density at radius 3 is 2.70 bits per heavy atom. The number of hydrogen-bond acceptors (Lipinski definition) is 7. The third-order valence-electron chi connectivity index (χ3n) is 2.54. The fraction of sp³-hybridized carbons (Fsp3) is 0.308. The van der Waals surface area contributed by atoms with E-state index in [9.17, 15) is 4.79 Å². The van der Waals surface area contributed by atoms with Gasteiger partial charge in [-0.3, -0.25) is 4.79 Å². The van der Waals surface area contributed by atoms with Gasteiger partial charge in [0.05, 0.1) is 25.5 Å². The molecule has 20 heavy (non-hydrogen) atoms. The average molecular weight is 310 g/mol. The van der Waals surface area contributed by atoms with E-state index in [1.165, 1.54) is 23.1 Å². The van der Waals surface area contributed by atoms with Crippen molar-refractivity contribution < 1.29 is 14.3 Å². The van der Waals surface area contributed by atoms with Gasteiger partial charge in [-0.1, -0.05) is 23.1 Å². The molecule has 2 aromatic rings. The molecule has 0 fully saturated rings. The van der Waals surface area contributed by atoms with Gasteiger partial charge in [0.15, 0.2) is 10.1 Å². The monoisotopic (exact) mass is 310 g/mol. The van der Waals surface area contributed by atoms with Crippen LogP contribution in [0.1, 0.15) is 15.4 Å². The van der Waals surface area contributed by atoms with Crippen molar-refractivity contribution in [3.05, 3.63) is 28.8 Å². The van der Waals surface area contributed by atoms with Gasteiger partial charge in [0.2, 0.25) is 0 Å². The van der Waals surface area contributed by atoms with Crippen LogP contribution in [0.15, 0.2) is 22.5 Å². The summed E-state index contributed by atoms with van der Waals surface area (Å²) < 4.78 is 11.1. The van der Waals surface area contributed by atoms with Crippen molar-refractivity contribution in [3.63, 3.8) is 0 Å². The maximum absolute atomic E-state index is 12.3.